The van der Waals surface area contributed by atoms with Crippen LogP contribution in [0.15, 0.2) is 30.5 Å². The number of pyridine rings is 1. The number of rotatable bonds is 3. The van der Waals surface area contributed by atoms with Gasteiger partial charge in [-0.05, 0) is 43.1 Å². The number of nitrogens with two attached hydrogens (primary N) is 1. The molecule has 1 aliphatic heterocycles. The molecule has 1 aromatic heterocycles. The van der Waals surface area contributed by atoms with Crippen molar-refractivity contribution in [1.29, 1.82) is 0 Å². The fourth-order valence-electron chi connectivity index (χ4n) is 2.91. The van der Waals surface area contributed by atoms with E-state index < -0.39 is 0 Å². The Morgan fingerprint density at radius 1 is 1.37 bits per heavy atom. The number of nitrogens with zero attached hydrogens (tertiary/aromatic N) is 2. The summed E-state index contributed by atoms with van der Waals surface area (Å²) in [6.07, 6.45) is 4.04. The highest BCUT2D eigenvalue weighted by Crippen LogP contribution is 2.26. The maximum atomic E-state index is 9.39. The number of likely N-dealkylation sites (tertiary alicyclic amines) is 1. The van der Waals surface area contributed by atoms with Crippen LogP contribution in [0.25, 0.3) is 10.9 Å². The van der Waals surface area contributed by atoms with Gasteiger partial charge < -0.3 is 10.8 Å². The van der Waals surface area contributed by atoms with Crippen molar-refractivity contribution in [3.8, 4) is 0 Å². The maximum absolute atomic E-state index is 9.39. The maximum Gasteiger partial charge on any atom is 0.0767 e. The SMILES string of the molecule is Nc1ccc(CN2CCCC2CO)c2ncccc12. The molecule has 0 saturated carbocycles. The summed E-state index contributed by atoms with van der Waals surface area (Å²) in [6.45, 7) is 2.11. The van der Waals surface area contributed by atoms with Crippen LogP contribution in [0.2, 0.25) is 0 Å². The van der Waals surface area contributed by atoms with Crippen LogP contribution in [0.5, 0.6) is 0 Å². The number of anilines is 1. The van der Waals surface area contributed by atoms with Gasteiger partial charge in [-0.1, -0.05) is 6.07 Å². The van der Waals surface area contributed by atoms with Crippen molar-refractivity contribution < 1.29 is 5.11 Å². The zero-order valence-corrected chi connectivity index (χ0v) is 10.9. The lowest BCUT2D eigenvalue weighted by molar-refractivity contribution is 0.154. The third-order valence-electron chi connectivity index (χ3n) is 3.97. The zero-order chi connectivity index (χ0) is 13.2. The Morgan fingerprint density at radius 3 is 3.11 bits per heavy atom. The molecule has 3 N–H and O–H groups in total. The molecule has 0 aliphatic carbocycles. The van der Waals surface area contributed by atoms with E-state index in [1.165, 1.54) is 5.56 Å². The van der Waals surface area contributed by atoms with E-state index in [9.17, 15) is 5.11 Å². The van der Waals surface area contributed by atoms with Crippen LogP contribution in [0.3, 0.4) is 0 Å². The Balaban J connectivity index is 1.95. The van der Waals surface area contributed by atoms with E-state index in [4.69, 9.17) is 5.73 Å². The minimum absolute atomic E-state index is 0.236. The van der Waals surface area contributed by atoms with Gasteiger partial charge in [-0.15, -0.1) is 0 Å². The third kappa shape index (κ3) is 2.29. The fraction of sp³-hybridized carbons (Fsp3) is 0.400. The molecular formula is C15H19N3O. The van der Waals surface area contributed by atoms with E-state index in [-0.39, 0.29) is 12.6 Å². The zero-order valence-electron chi connectivity index (χ0n) is 10.9. The Morgan fingerprint density at radius 2 is 2.26 bits per heavy atom. The van der Waals surface area contributed by atoms with Gasteiger partial charge in [0, 0.05) is 29.9 Å². The molecule has 0 radical (unpaired) electrons. The van der Waals surface area contributed by atoms with E-state index in [1.807, 2.05) is 18.2 Å². The number of hydrogen-bond acceptors (Lipinski definition) is 4. The summed E-state index contributed by atoms with van der Waals surface area (Å²) in [6, 6.07) is 8.21. The molecule has 1 fully saturated rings. The second-order valence-corrected chi connectivity index (χ2v) is 5.16. The summed E-state index contributed by atoms with van der Waals surface area (Å²) in [5.41, 5.74) is 8.93. The molecule has 4 nitrogen and oxygen atoms in total. The van der Waals surface area contributed by atoms with Gasteiger partial charge >= 0.3 is 0 Å². The lowest BCUT2D eigenvalue weighted by atomic mass is 10.1. The van der Waals surface area contributed by atoms with E-state index >= 15 is 0 Å². The predicted octanol–water partition coefficient (Wildman–Crippen LogP) is 1.77. The monoisotopic (exact) mass is 257 g/mol. The molecule has 4 heteroatoms. The van der Waals surface area contributed by atoms with Crippen LogP contribution in [0, 0.1) is 0 Å². The first-order chi connectivity index (χ1) is 9.29. The number of nitrogen functional groups attached to an aromatic ring is 1. The normalized spacial score (nSPS) is 20.2. The van der Waals surface area contributed by atoms with Crippen molar-refractivity contribution in [2.45, 2.75) is 25.4 Å². The second-order valence-electron chi connectivity index (χ2n) is 5.16. The number of fused-ring (bicyclic) bond motifs is 1. The second kappa shape index (κ2) is 5.15. The van der Waals surface area contributed by atoms with Gasteiger partial charge in [0.05, 0.1) is 12.1 Å². The summed E-state index contributed by atoms with van der Waals surface area (Å²) < 4.78 is 0. The van der Waals surface area contributed by atoms with Gasteiger partial charge in [0.1, 0.15) is 0 Å². The Labute approximate surface area is 112 Å². The summed E-state index contributed by atoms with van der Waals surface area (Å²) in [5.74, 6) is 0. The average Bonchev–Trinajstić information content (AvgIpc) is 2.89. The van der Waals surface area contributed by atoms with Gasteiger partial charge in [0.25, 0.3) is 0 Å². The van der Waals surface area contributed by atoms with Crippen LogP contribution in [0.1, 0.15) is 18.4 Å². The first kappa shape index (κ1) is 12.4. The van der Waals surface area contributed by atoms with Crippen molar-refractivity contribution in [2.75, 3.05) is 18.9 Å². The summed E-state index contributed by atoms with van der Waals surface area (Å²) in [7, 11) is 0. The van der Waals surface area contributed by atoms with Crippen molar-refractivity contribution in [2.24, 2.45) is 0 Å². The molecule has 0 amide bonds. The minimum Gasteiger partial charge on any atom is -0.398 e. The highest BCUT2D eigenvalue weighted by Gasteiger charge is 2.24. The smallest absolute Gasteiger partial charge is 0.0767 e. The standard InChI is InChI=1S/C15H19N3O/c16-14-6-5-11(15-13(14)4-1-7-17-15)9-18-8-2-3-12(18)10-19/h1,4-7,12,19H,2-3,8-10,16H2. The largest absolute Gasteiger partial charge is 0.398 e. The van der Waals surface area contributed by atoms with Crippen LogP contribution in [0.4, 0.5) is 5.69 Å². The molecular weight excluding hydrogens is 238 g/mol. The number of aliphatic hydroxyl groups is 1. The predicted molar refractivity (Wildman–Crippen MR) is 76.7 cm³/mol. The van der Waals surface area contributed by atoms with Crippen molar-refractivity contribution in [3.05, 3.63) is 36.0 Å². The highest BCUT2D eigenvalue weighted by atomic mass is 16.3. The average molecular weight is 257 g/mol. The lowest BCUT2D eigenvalue weighted by Crippen LogP contribution is -2.31. The van der Waals surface area contributed by atoms with Gasteiger partial charge in [0.2, 0.25) is 0 Å². The Bertz CT molecular complexity index is 585. The van der Waals surface area contributed by atoms with Crippen molar-refractivity contribution in [3.63, 3.8) is 0 Å². The number of aromatic nitrogens is 1. The molecule has 2 heterocycles. The topological polar surface area (TPSA) is 62.4 Å². The number of aliphatic hydroxyl groups excluding tert-OH is 1. The quantitative estimate of drug-likeness (QED) is 0.823. The lowest BCUT2D eigenvalue weighted by Gasteiger charge is -2.23. The first-order valence-electron chi connectivity index (χ1n) is 6.76. The van der Waals surface area contributed by atoms with Gasteiger partial charge in [-0.2, -0.15) is 0 Å². The van der Waals surface area contributed by atoms with Crippen LogP contribution in [-0.4, -0.2) is 34.2 Å². The molecule has 1 unspecified atom stereocenters. The van der Waals surface area contributed by atoms with E-state index in [2.05, 4.69) is 16.0 Å². The molecule has 19 heavy (non-hydrogen) atoms. The van der Waals surface area contributed by atoms with E-state index in [0.29, 0.717) is 0 Å². The molecule has 100 valence electrons. The van der Waals surface area contributed by atoms with Crippen LogP contribution >= 0.6 is 0 Å². The first-order valence-corrected chi connectivity index (χ1v) is 6.76. The fourth-order valence-corrected chi connectivity index (χ4v) is 2.91. The van der Waals surface area contributed by atoms with Crippen molar-refractivity contribution in [1.82, 2.24) is 9.88 Å². The molecule has 1 aliphatic rings. The van der Waals surface area contributed by atoms with Crippen molar-refractivity contribution >= 4 is 16.6 Å². The van der Waals surface area contributed by atoms with E-state index in [1.54, 1.807) is 6.20 Å². The molecule has 1 saturated heterocycles. The summed E-state index contributed by atoms with van der Waals surface area (Å²) >= 11 is 0. The molecule has 1 aromatic carbocycles. The minimum atomic E-state index is 0.236. The van der Waals surface area contributed by atoms with Crippen LogP contribution < -0.4 is 5.73 Å². The number of benzene rings is 1. The Kier molecular flexibility index (Phi) is 3.36. The summed E-state index contributed by atoms with van der Waals surface area (Å²) in [5, 5.41) is 10.4. The third-order valence-corrected chi connectivity index (χ3v) is 3.97. The highest BCUT2D eigenvalue weighted by molar-refractivity contribution is 5.92. The molecule has 0 spiro atoms. The van der Waals surface area contributed by atoms with Gasteiger partial charge in [0.15, 0.2) is 0 Å². The molecule has 1 atom stereocenters. The molecule has 3 rings (SSSR count). The van der Waals surface area contributed by atoms with E-state index in [0.717, 1.165) is 42.5 Å². The van der Waals surface area contributed by atoms with Crippen LogP contribution in [-0.2, 0) is 6.54 Å². The number of hydrogen-bond donors (Lipinski definition) is 2. The molecule has 0 bridgehead atoms. The van der Waals surface area contributed by atoms with Gasteiger partial charge in [-0.25, -0.2) is 0 Å². The Hall–Kier alpha value is -1.65. The molecule has 2 aromatic rings. The van der Waals surface area contributed by atoms with Gasteiger partial charge in [-0.3, -0.25) is 9.88 Å². The summed E-state index contributed by atoms with van der Waals surface area (Å²) in [4.78, 5) is 6.80.